The van der Waals surface area contributed by atoms with Crippen molar-refractivity contribution in [2.75, 3.05) is 6.54 Å². The van der Waals surface area contributed by atoms with Gasteiger partial charge < -0.3 is 5.32 Å². The molecule has 1 aliphatic heterocycles. The van der Waals surface area contributed by atoms with Crippen molar-refractivity contribution in [3.05, 3.63) is 23.9 Å². The van der Waals surface area contributed by atoms with Gasteiger partial charge in [-0.25, -0.2) is 9.98 Å². The van der Waals surface area contributed by atoms with Crippen molar-refractivity contribution in [3.63, 3.8) is 0 Å². The minimum absolute atomic E-state index is 0.316. The highest BCUT2D eigenvalue weighted by Crippen LogP contribution is 2.23. The number of pyridine rings is 1. The summed E-state index contributed by atoms with van der Waals surface area (Å²) in [7, 11) is 0. The lowest BCUT2D eigenvalue weighted by molar-refractivity contribution is -0.139. The van der Waals surface area contributed by atoms with E-state index in [4.69, 9.17) is 0 Å². The van der Waals surface area contributed by atoms with Crippen molar-refractivity contribution in [2.45, 2.75) is 12.6 Å². The molecule has 96 valence electrons. The van der Waals surface area contributed by atoms with Gasteiger partial charge in [-0.05, 0) is 18.1 Å². The Balaban J connectivity index is 1.99. The van der Waals surface area contributed by atoms with Crippen molar-refractivity contribution in [3.8, 4) is 0 Å². The molecule has 1 atom stereocenters. The molecular weight excluding hydrogens is 247 g/mol. The first-order chi connectivity index (χ1) is 8.46. The molecule has 0 spiro atoms. The summed E-state index contributed by atoms with van der Waals surface area (Å²) in [5.74, 6) is -0.841. The topological polar surface area (TPSA) is 54.4 Å². The molecule has 0 aromatic carbocycles. The molecule has 0 bridgehead atoms. The number of alkyl halides is 3. The fraction of sp³-hybridized carbons (Fsp3) is 0.364. The summed E-state index contributed by atoms with van der Waals surface area (Å²) in [6, 6.07) is 3.45. The molecule has 1 aromatic rings. The predicted octanol–water partition coefficient (Wildman–Crippen LogP) is 1.63. The number of hydrogen-bond donors (Lipinski definition) is 1. The molecule has 1 amide bonds. The summed E-state index contributed by atoms with van der Waals surface area (Å²) in [5, 5.41) is 1.85. The van der Waals surface area contributed by atoms with Gasteiger partial charge in [0.2, 0.25) is 5.91 Å². The Bertz CT molecular complexity index is 485. The van der Waals surface area contributed by atoms with E-state index in [1.807, 2.05) is 5.32 Å². The summed E-state index contributed by atoms with van der Waals surface area (Å²) in [6.07, 6.45) is -1.18. The van der Waals surface area contributed by atoms with Crippen LogP contribution < -0.4 is 5.32 Å². The van der Waals surface area contributed by atoms with Gasteiger partial charge in [-0.1, -0.05) is 6.07 Å². The first-order valence-corrected chi connectivity index (χ1v) is 5.28. The zero-order chi connectivity index (χ0) is 13.2. The molecule has 0 aliphatic carbocycles. The standard InChI is InChI=1S/C11H10F3N3O/c12-11(13,14)6-17-10(18)8-4-7-2-1-3-15-9(7)16-5-8/h1-3,5,8H,4,6H2,(H,17,18). The fourth-order valence-electron chi connectivity index (χ4n) is 1.63. The van der Waals surface area contributed by atoms with Crippen LogP contribution in [0.4, 0.5) is 19.0 Å². The van der Waals surface area contributed by atoms with Crippen LogP contribution in [0, 0.1) is 5.92 Å². The highest BCUT2D eigenvalue weighted by Gasteiger charge is 2.30. The number of amides is 1. The Morgan fingerprint density at radius 3 is 3.00 bits per heavy atom. The Morgan fingerprint density at radius 2 is 2.28 bits per heavy atom. The Morgan fingerprint density at radius 1 is 1.50 bits per heavy atom. The quantitative estimate of drug-likeness (QED) is 0.875. The highest BCUT2D eigenvalue weighted by atomic mass is 19.4. The minimum atomic E-state index is -4.40. The van der Waals surface area contributed by atoms with E-state index < -0.39 is 24.5 Å². The molecule has 0 saturated heterocycles. The van der Waals surface area contributed by atoms with Crippen LogP contribution in [0.2, 0.25) is 0 Å². The van der Waals surface area contributed by atoms with Crippen LogP contribution in [-0.4, -0.2) is 29.8 Å². The molecule has 18 heavy (non-hydrogen) atoms. The van der Waals surface area contributed by atoms with Crippen molar-refractivity contribution >= 4 is 17.9 Å². The molecule has 1 aromatic heterocycles. The molecule has 0 radical (unpaired) electrons. The van der Waals surface area contributed by atoms with Crippen LogP contribution in [0.15, 0.2) is 23.3 Å². The third-order valence-electron chi connectivity index (χ3n) is 2.48. The van der Waals surface area contributed by atoms with Crippen LogP contribution in [0.3, 0.4) is 0 Å². The SMILES string of the molecule is O=C(NCC(F)(F)F)C1C=Nc2ncccc2C1. The Labute approximate surface area is 101 Å². The van der Waals surface area contributed by atoms with E-state index in [0.717, 1.165) is 5.56 Å². The van der Waals surface area contributed by atoms with Gasteiger partial charge in [0.05, 0.1) is 5.92 Å². The lowest BCUT2D eigenvalue weighted by atomic mass is 9.98. The van der Waals surface area contributed by atoms with E-state index in [0.29, 0.717) is 12.2 Å². The van der Waals surface area contributed by atoms with Crippen molar-refractivity contribution in [1.82, 2.24) is 10.3 Å². The zero-order valence-corrected chi connectivity index (χ0v) is 9.24. The third kappa shape index (κ3) is 3.06. The third-order valence-corrected chi connectivity index (χ3v) is 2.48. The van der Waals surface area contributed by atoms with E-state index in [1.165, 1.54) is 6.21 Å². The van der Waals surface area contributed by atoms with Crippen molar-refractivity contribution < 1.29 is 18.0 Å². The second-order valence-electron chi connectivity index (χ2n) is 3.91. The number of halogens is 3. The number of carbonyl (C=O) groups is 1. The van der Waals surface area contributed by atoms with E-state index >= 15 is 0 Å². The fourth-order valence-corrected chi connectivity index (χ4v) is 1.63. The van der Waals surface area contributed by atoms with Gasteiger partial charge in [-0.15, -0.1) is 0 Å². The molecule has 0 fully saturated rings. The molecule has 1 unspecified atom stereocenters. The Kier molecular flexibility index (Phi) is 3.31. The maximum atomic E-state index is 12.0. The van der Waals surface area contributed by atoms with Crippen LogP contribution >= 0.6 is 0 Å². The van der Waals surface area contributed by atoms with Crippen LogP contribution in [0.1, 0.15) is 5.56 Å². The number of carbonyl (C=O) groups excluding carboxylic acids is 1. The van der Waals surface area contributed by atoms with Crippen molar-refractivity contribution in [1.29, 1.82) is 0 Å². The predicted molar refractivity (Wildman–Crippen MR) is 58.6 cm³/mol. The first kappa shape index (κ1) is 12.5. The number of nitrogens with one attached hydrogen (secondary N) is 1. The number of hydrogen-bond acceptors (Lipinski definition) is 3. The molecule has 7 heteroatoms. The monoisotopic (exact) mass is 257 g/mol. The second kappa shape index (κ2) is 4.75. The van der Waals surface area contributed by atoms with Gasteiger partial charge in [0.1, 0.15) is 6.54 Å². The van der Waals surface area contributed by atoms with E-state index in [1.54, 1.807) is 18.3 Å². The molecule has 1 N–H and O–H groups in total. The minimum Gasteiger partial charge on any atom is -0.346 e. The van der Waals surface area contributed by atoms with Crippen LogP contribution in [0.5, 0.6) is 0 Å². The molecular formula is C11H10F3N3O. The van der Waals surface area contributed by atoms with E-state index in [2.05, 4.69) is 9.98 Å². The maximum Gasteiger partial charge on any atom is 0.405 e. The molecule has 4 nitrogen and oxygen atoms in total. The van der Waals surface area contributed by atoms with Crippen LogP contribution in [0.25, 0.3) is 0 Å². The average Bonchev–Trinajstić information content (AvgIpc) is 2.34. The molecule has 2 heterocycles. The van der Waals surface area contributed by atoms with Gasteiger partial charge in [0, 0.05) is 12.4 Å². The van der Waals surface area contributed by atoms with Crippen molar-refractivity contribution in [2.24, 2.45) is 10.9 Å². The largest absolute Gasteiger partial charge is 0.405 e. The molecule has 0 saturated carbocycles. The van der Waals surface area contributed by atoms with E-state index in [9.17, 15) is 18.0 Å². The van der Waals surface area contributed by atoms with Gasteiger partial charge in [-0.3, -0.25) is 4.79 Å². The molecule has 1 aliphatic rings. The van der Waals surface area contributed by atoms with E-state index in [-0.39, 0.29) is 0 Å². The second-order valence-corrected chi connectivity index (χ2v) is 3.91. The summed E-state index contributed by atoms with van der Waals surface area (Å²) >= 11 is 0. The smallest absolute Gasteiger partial charge is 0.346 e. The maximum absolute atomic E-state index is 12.0. The zero-order valence-electron chi connectivity index (χ0n) is 9.24. The molecule has 2 rings (SSSR count). The van der Waals surface area contributed by atoms with Gasteiger partial charge in [0.25, 0.3) is 0 Å². The lowest BCUT2D eigenvalue weighted by Gasteiger charge is -2.17. The first-order valence-electron chi connectivity index (χ1n) is 5.28. The average molecular weight is 257 g/mol. The lowest BCUT2D eigenvalue weighted by Crippen LogP contribution is -2.39. The Hall–Kier alpha value is -1.92. The summed E-state index contributed by atoms with van der Waals surface area (Å²) in [5.41, 5.74) is 0.757. The normalized spacial score (nSPS) is 18.3. The number of fused-ring (bicyclic) bond motifs is 1. The number of rotatable bonds is 2. The summed E-state index contributed by atoms with van der Waals surface area (Å²) in [4.78, 5) is 19.5. The van der Waals surface area contributed by atoms with Gasteiger partial charge in [0.15, 0.2) is 5.82 Å². The number of aromatic nitrogens is 1. The number of nitrogens with zero attached hydrogens (tertiary/aromatic N) is 2. The number of aliphatic imine (C=N–C) groups is 1. The van der Waals surface area contributed by atoms with Gasteiger partial charge >= 0.3 is 6.18 Å². The summed E-state index contributed by atoms with van der Waals surface area (Å²) in [6.45, 7) is -1.32. The van der Waals surface area contributed by atoms with Gasteiger partial charge in [-0.2, -0.15) is 13.2 Å². The summed E-state index contributed by atoms with van der Waals surface area (Å²) < 4.78 is 35.9. The highest BCUT2D eigenvalue weighted by molar-refractivity contribution is 5.95. The van der Waals surface area contributed by atoms with Crippen LogP contribution in [-0.2, 0) is 11.2 Å².